The van der Waals surface area contributed by atoms with Gasteiger partial charge in [-0.3, -0.25) is 4.98 Å². The first kappa shape index (κ1) is 12.4. The maximum absolute atomic E-state index is 12.9. The van der Waals surface area contributed by atoms with E-state index in [2.05, 4.69) is 20.9 Å². The molecule has 0 saturated heterocycles. The number of hydrogen-bond acceptors (Lipinski definition) is 3. The van der Waals surface area contributed by atoms with Crippen molar-refractivity contribution in [2.24, 2.45) is 0 Å². The van der Waals surface area contributed by atoms with Gasteiger partial charge in [-0.1, -0.05) is 0 Å². The molecule has 0 atom stereocenters. The number of nitrogens with two attached hydrogens (primary N) is 1. The maximum Gasteiger partial charge on any atom is 0.141 e. The Bertz CT molecular complexity index is 534. The van der Waals surface area contributed by atoms with Crippen LogP contribution in [0.3, 0.4) is 0 Å². The molecule has 0 spiro atoms. The summed E-state index contributed by atoms with van der Waals surface area (Å²) in [5.41, 5.74) is 7.23. The Morgan fingerprint density at radius 2 is 2.12 bits per heavy atom. The summed E-state index contributed by atoms with van der Waals surface area (Å²) in [5.74, 6) is 0.368. The van der Waals surface area contributed by atoms with Crippen LogP contribution < -0.4 is 5.73 Å². The van der Waals surface area contributed by atoms with Crippen molar-refractivity contribution in [3.63, 3.8) is 0 Å². The fraction of sp³-hybridized carbons (Fsp3) is 0.0833. The first-order chi connectivity index (χ1) is 8.15. The molecule has 2 nitrogen and oxygen atoms in total. The number of pyridine rings is 1. The molecule has 0 fully saturated rings. The summed E-state index contributed by atoms with van der Waals surface area (Å²) in [7, 11) is 0. The van der Waals surface area contributed by atoms with Gasteiger partial charge in [0, 0.05) is 27.0 Å². The van der Waals surface area contributed by atoms with Gasteiger partial charge in [0.25, 0.3) is 0 Å². The van der Waals surface area contributed by atoms with Gasteiger partial charge in [-0.15, -0.1) is 11.8 Å². The van der Waals surface area contributed by atoms with Crippen molar-refractivity contribution < 1.29 is 4.39 Å². The monoisotopic (exact) mass is 312 g/mol. The molecular formula is C12H10BrFN2S. The lowest BCUT2D eigenvalue weighted by atomic mass is 10.3. The first-order valence-electron chi connectivity index (χ1n) is 4.92. The van der Waals surface area contributed by atoms with Crippen LogP contribution in [0, 0.1) is 5.82 Å². The largest absolute Gasteiger partial charge is 0.399 e. The normalized spacial score (nSPS) is 10.5. The van der Waals surface area contributed by atoms with E-state index in [0.29, 0.717) is 11.4 Å². The van der Waals surface area contributed by atoms with Gasteiger partial charge in [0.1, 0.15) is 5.82 Å². The molecule has 2 aromatic rings. The number of halogens is 2. The molecular weight excluding hydrogens is 303 g/mol. The standard InChI is InChI=1S/C12H10BrFN2S/c13-11-4-10(15)1-2-12(11)17-7-8-3-9(14)6-16-5-8/h1-6H,7,15H2. The summed E-state index contributed by atoms with van der Waals surface area (Å²) in [4.78, 5) is 4.89. The van der Waals surface area contributed by atoms with E-state index < -0.39 is 0 Å². The Balaban J connectivity index is 2.07. The molecule has 2 rings (SSSR count). The highest BCUT2D eigenvalue weighted by Gasteiger charge is 2.03. The number of aromatic nitrogens is 1. The second kappa shape index (κ2) is 5.51. The number of rotatable bonds is 3. The zero-order valence-corrected chi connectivity index (χ0v) is 11.3. The lowest BCUT2D eigenvalue weighted by Gasteiger charge is -2.05. The third-order valence-corrected chi connectivity index (χ3v) is 4.17. The smallest absolute Gasteiger partial charge is 0.141 e. The van der Waals surface area contributed by atoms with Crippen molar-refractivity contribution >= 4 is 33.4 Å². The Kier molecular flexibility index (Phi) is 4.02. The molecule has 0 bridgehead atoms. The summed E-state index contributed by atoms with van der Waals surface area (Å²) in [6.45, 7) is 0. The molecule has 0 aliphatic carbocycles. The number of thioether (sulfide) groups is 1. The molecule has 0 unspecified atom stereocenters. The highest BCUT2D eigenvalue weighted by molar-refractivity contribution is 9.10. The van der Waals surface area contributed by atoms with Gasteiger partial charge in [-0.05, 0) is 45.8 Å². The zero-order chi connectivity index (χ0) is 12.3. The van der Waals surface area contributed by atoms with Crippen molar-refractivity contribution in [3.8, 4) is 0 Å². The van der Waals surface area contributed by atoms with Crippen LogP contribution in [0.1, 0.15) is 5.56 Å². The quantitative estimate of drug-likeness (QED) is 0.691. The lowest BCUT2D eigenvalue weighted by Crippen LogP contribution is -1.87. The third-order valence-electron chi connectivity index (χ3n) is 2.11. The predicted octanol–water partition coefficient (Wildman–Crippen LogP) is 3.86. The summed E-state index contributed by atoms with van der Waals surface area (Å²) < 4.78 is 13.9. The van der Waals surface area contributed by atoms with Crippen molar-refractivity contribution in [1.82, 2.24) is 4.98 Å². The van der Waals surface area contributed by atoms with Gasteiger partial charge in [-0.25, -0.2) is 4.39 Å². The Morgan fingerprint density at radius 3 is 2.82 bits per heavy atom. The Labute approximate surface area is 112 Å². The fourth-order valence-electron chi connectivity index (χ4n) is 1.33. The highest BCUT2D eigenvalue weighted by Crippen LogP contribution is 2.31. The maximum atomic E-state index is 12.9. The zero-order valence-electron chi connectivity index (χ0n) is 8.86. The number of nitrogens with zero attached hydrogens (tertiary/aromatic N) is 1. The number of nitrogen functional groups attached to an aromatic ring is 1. The number of anilines is 1. The molecule has 0 amide bonds. The van der Waals surface area contributed by atoms with Crippen LogP contribution >= 0.6 is 27.7 Å². The van der Waals surface area contributed by atoms with Crippen LogP contribution in [-0.2, 0) is 5.75 Å². The fourth-order valence-corrected chi connectivity index (χ4v) is 2.91. The van der Waals surface area contributed by atoms with E-state index in [-0.39, 0.29) is 5.82 Å². The molecule has 1 heterocycles. The van der Waals surface area contributed by atoms with Gasteiger partial charge in [0.15, 0.2) is 0 Å². The van der Waals surface area contributed by atoms with Crippen LogP contribution in [0.15, 0.2) is 46.0 Å². The van der Waals surface area contributed by atoms with Gasteiger partial charge in [0.05, 0.1) is 6.20 Å². The van der Waals surface area contributed by atoms with E-state index in [4.69, 9.17) is 5.73 Å². The first-order valence-corrected chi connectivity index (χ1v) is 6.70. The van der Waals surface area contributed by atoms with E-state index in [1.165, 1.54) is 12.3 Å². The van der Waals surface area contributed by atoms with Crippen LogP contribution in [0.25, 0.3) is 0 Å². The summed E-state index contributed by atoms with van der Waals surface area (Å²) >= 11 is 5.05. The summed E-state index contributed by atoms with van der Waals surface area (Å²) in [6, 6.07) is 7.13. The van der Waals surface area contributed by atoms with Gasteiger partial charge in [0.2, 0.25) is 0 Å². The van der Waals surface area contributed by atoms with E-state index in [0.717, 1.165) is 14.9 Å². The molecule has 2 N–H and O–H groups in total. The summed E-state index contributed by atoms with van der Waals surface area (Å²) in [6.07, 6.45) is 2.87. The summed E-state index contributed by atoms with van der Waals surface area (Å²) in [5, 5.41) is 0. The third kappa shape index (κ3) is 3.44. The lowest BCUT2D eigenvalue weighted by molar-refractivity contribution is 0.619. The minimum atomic E-state index is -0.306. The SMILES string of the molecule is Nc1ccc(SCc2cncc(F)c2)c(Br)c1. The van der Waals surface area contributed by atoms with Gasteiger partial charge < -0.3 is 5.73 Å². The number of hydrogen-bond donors (Lipinski definition) is 1. The second-order valence-corrected chi connectivity index (χ2v) is 5.36. The molecule has 88 valence electrons. The molecule has 0 saturated carbocycles. The van der Waals surface area contributed by atoms with Crippen molar-refractivity contribution in [2.75, 3.05) is 5.73 Å². The van der Waals surface area contributed by atoms with E-state index in [1.54, 1.807) is 18.0 Å². The average Bonchev–Trinajstić information content (AvgIpc) is 2.28. The van der Waals surface area contributed by atoms with Gasteiger partial charge >= 0.3 is 0 Å². The van der Waals surface area contributed by atoms with Crippen molar-refractivity contribution in [2.45, 2.75) is 10.6 Å². The van der Waals surface area contributed by atoms with Crippen molar-refractivity contribution in [1.29, 1.82) is 0 Å². The molecule has 0 aliphatic heterocycles. The van der Waals surface area contributed by atoms with Crippen LogP contribution in [0.5, 0.6) is 0 Å². The highest BCUT2D eigenvalue weighted by atomic mass is 79.9. The molecule has 17 heavy (non-hydrogen) atoms. The number of benzene rings is 1. The second-order valence-electron chi connectivity index (χ2n) is 3.49. The molecule has 0 aliphatic rings. The minimum absolute atomic E-state index is 0.306. The minimum Gasteiger partial charge on any atom is -0.399 e. The Hall–Kier alpha value is -1.07. The topological polar surface area (TPSA) is 38.9 Å². The molecule has 1 aromatic heterocycles. The Morgan fingerprint density at radius 1 is 1.29 bits per heavy atom. The predicted molar refractivity (Wildman–Crippen MR) is 72.3 cm³/mol. The van der Waals surface area contributed by atoms with Crippen LogP contribution in [0.4, 0.5) is 10.1 Å². The van der Waals surface area contributed by atoms with E-state index >= 15 is 0 Å². The molecule has 1 aromatic carbocycles. The molecule has 0 radical (unpaired) electrons. The van der Waals surface area contributed by atoms with E-state index in [9.17, 15) is 4.39 Å². The van der Waals surface area contributed by atoms with Crippen LogP contribution in [0.2, 0.25) is 0 Å². The average molecular weight is 313 g/mol. The molecule has 5 heteroatoms. The van der Waals surface area contributed by atoms with E-state index in [1.807, 2.05) is 18.2 Å². The van der Waals surface area contributed by atoms with Crippen molar-refractivity contribution in [3.05, 3.63) is 52.5 Å². The van der Waals surface area contributed by atoms with Crippen LogP contribution in [-0.4, -0.2) is 4.98 Å². The van der Waals surface area contributed by atoms with Gasteiger partial charge in [-0.2, -0.15) is 0 Å².